The lowest BCUT2D eigenvalue weighted by atomic mass is 10.1. The Morgan fingerprint density at radius 1 is 1.26 bits per heavy atom. The number of benzene rings is 2. The Morgan fingerprint density at radius 2 is 1.96 bits per heavy atom. The standard InChI is InChI=1S/C18H18ClN3O4.ClH/c19-13-5-8-17(16(10-13)22(24)25)26-15-6-3-12(4-7-15)18(23)21-9-1-2-14(20)11-21;/h3-8,10,14H,1-2,9,11,20H2;1H. The zero-order valence-corrected chi connectivity index (χ0v) is 15.9. The van der Waals surface area contributed by atoms with Gasteiger partial charge in [0.1, 0.15) is 5.75 Å². The second kappa shape index (κ2) is 9.03. The minimum absolute atomic E-state index is 0. The van der Waals surface area contributed by atoms with Crippen molar-refractivity contribution in [3.05, 3.63) is 63.2 Å². The molecule has 2 N–H and O–H groups in total. The maximum absolute atomic E-state index is 12.5. The van der Waals surface area contributed by atoms with E-state index in [-0.39, 0.29) is 40.8 Å². The van der Waals surface area contributed by atoms with Crippen LogP contribution in [0.1, 0.15) is 23.2 Å². The van der Waals surface area contributed by atoms with Crippen molar-refractivity contribution in [2.24, 2.45) is 5.73 Å². The third-order valence-electron chi connectivity index (χ3n) is 4.19. The SMILES string of the molecule is Cl.NC1CCCN(C(=O)c2ccc(Oc3ccc(Cl)cc3[N+](=O)[O-])cc2)C1. The molecule has 27 heavy (non-hydrogen) atoms. The van der Waals surface area contributed by atoms with Crippen molar-refractivity contribution in [2.75, 3.05) is 13.1 Å². The molecule has 0 radical (unpaired) electrons. The number of ether oxygens (including phenoxy) is 1. The molecule has 1 heterocycles. The van der Waals surface area contributed by atoms with Crippen molar-refractivity contribution < 1.29 is 14.5 Å². The highest BCUT2D eigenvalue weighted by molar-refractivity contribution is 6.30. The van der Waals surface area contributed by atoms with Crippen molar-refractivity contribution in [2.45, 2.75) is 18.9 Å². The second-order valence-corrected chi connectivity index (χ2v) is 6.59. The van der Waals surface area contributed by atoms with Crippen molar-refractivity contribution >= 4 is 35.6 Å². The normalized spacial score (nSPS) is 16.4. The molecule has 1 unspecified atom stereocenters. The van der Waals surface area contributed by atoms with Gasteiger partial charge >= 0.3 is 5.69 Å². The van der Waals surface area contributed by atoms with E-state index in [2.05, 4.69) is 0 Å². The fourth-order valence-corrected chi connectivity index (χ4v) is 3.06. The molecule has 1 amide bonds. The van der Waals surface area contributed by atoms with Crippen molar-refractivity contribution in [1.82, 2.24) is 4.90 Å². The van der Waals surface area contributed by atoms with E-state index in [9.17, 15) is 14.9 Å². The van der Waals surface area contributed by atoms with Crippen LogP contribution in [0.25, 0.3) is 0 Å². The van der Waals surface area contributed by atoms with Gasteiger partial charge in [-0.1, -0.05) is 11.6 Å². The molecule has 3 rings (SSSR count). The zero-order chi connectivity index (χ0) is 18.7. The average molecular weight is 412 g/mol. The van der Waals surface area contributed by atoms with Gasteiger partial charge in [-0.25, -0.2) is 0 Å². The van der Waals surface area contributed by atoms with Crippen LogP contribution in [-0.4, -0.2) is 34.9 Å². The largest absolute Gasteiger partial charge is 0.450 e. The average Bonchev–Trinajstić information content (AvgIpc) is 2.63. The van der Waals surface area contributed by atoms with E-state index >= 15 is 0 Å². The van der Waals surface area contributed by atoms with E-state index in [4.69, 9.17) is 22.1 Å². The van der Waals surface area contributed by atoms with Crippen LogP contribution in [-0.2, 0) is 0 Å². The fourth-order valence-electron chi connectivity index (χ4n) is 2.89. The third-order valence-corrected chi connectivity index (χ3v) is 4.43. The van der Waals surface area contributed by atoms with Gasteiger partial charge in [0.2, 0.25) is 5.75 Å². The highest BCUT2D eigenvalue weighted by atomic mass is 35.5. The van der Waals surface area contributed by atoms with E-state index in [1.807, 2.05) is 0 Å². The Balaban J connectivity index is 0.00000261. The monoisotopic (exact) mass is 411 g/mol. The first-order chi connectivity index (χ1) is 12.4. The summed E-state index contributed by atoms with van der Waals surface area (Å²) < 4.78 is 5.58. The first-order valence-corrected chi connectivity index (χ1v) is 8.58. The van der Waals surface area contributed by atoms with Gasteiger partial charge in [-0.3, -0.25) is 14.9 Å². The molecule has 144 valence electrons. The summed E-state index contributed by atoms with van der Waals surface area (Å²) in [5.41, 5.74) is 6.22. The quantitative estimate of drug-likeness (QED) is 0.604. The molecule has 0 bridgehead atoms. The van der Waals surface area contributed by atoms with Gasteiger partial charge in [0, 0.05) is 35.8 Å². The summed E-state index contributed by atoms with van der Waals surface area (Å²) in [5.74, 6) is 0.395. The minimum atomic E-state index is -0.557. The molecule has 1 atom stereocenters. The predicted molar refractivity (Wildman–Crippen MR) is 105 cm³/mol. The highest BCUT2D eigenvalue weighted by Crippen LogP contribution is 2.33. The molecule has 1 fully saturated rings. The number of nitrogens with two attached hydrogens (primary N) is 1. The lowest BCUT2D eigenvalue weighted by Gasteiger charge is -2.30. The van der Waals surface area contributed by atoms with E-state index in [0.29, 0.717) is 24.4 Å². The Kier molecular flexibility index (Phi) is 7.01. The first kappa shape index (κ1) is 21.0. The number of nitro groups is 1. The first-order valence-electron chi connectivity index (χ1n) is 8.21. The van der Waals surface area contributed by atoms with Crippen LogP contribution in [0.3, 0.4) is 0 Å². The lowest BCUT2D eigenvalue weighted by molar-refractivity contribution is -0.385. The van der Waals surface area contributed by atoms with Gasteiger partial charge in [-0.05, 0) is 49.2 Å². The summed E-state index contributed by atoms with van der Waals surface area (Å²) in [5, 5.41) is 11.4. The van der Waals surface area contributed by atoms with Crippen molar-refractivity contribution in [3.63, 3.8) is 0 Å². The number of nitro benzene ring substituents is 1. The molecule has 0 spiro atoms. The second-order valence-electron chi connectivity index (χ2n) is 6.15. The Labute approximate surface area is 167 Å². The van der Waals surface area contributed by atoms with Gasteiger partial charge in [0.25, 0.3) is 5.91 Å². The lowest BCUT2D eigenvalue weighted by Crippen LogP contribution is -2.45. The van der Waals surface area contributed by atoms with Crippen LogP contribution in [0.2, 0.25) is 5.02 Å². The van der Waals surface area contributed by atoms with Crippen molar-refractivity contribution in [3.8, 4) is 11.5 Å². The number of hydrogen-bond donors (Lipinski definition) is 1. The molecule has 1 aliphatic heterocycles. The smallest absolute Gasteiger partial charge is 0.313 e. The topological polar surface area (TPSA) is 98.7 Å². The van der Waals surface area contributed by atoms with Gasteiger partial charge in [-0.15, -0.1) is 12.4 Å². The number of carbonyl (C=O) groups excluding carboxylic acids is 1. The Bertz CT molecular complexity index is 830. The van der Waals surface area contributed by atoms with Gasteiger partial charge < -0.3 is 15.4 Å². The summed E-state index contributed by atoms with van der Waals surface area (Å²) in [6, 6.07) is 10.7. The molecule has 0 saturated carbocycles. The number of rotatable bonds is 4. The van der Waals surface area contributed by atoms with Crippen LogP contribution in [0.5, 0.6) is 11.5 Å². The molecule has 0 aromatic heterocycles. The van der Waals surface area contributed by atoms with E-state index in [0.717, 1.165) is 12.8 Å². The molecular formula is C18H19Cl2N3O4. The number of nitrogens with zero attached hydrogens (tertiary/aromatic N) is 2. The van der Waals surface area contributed by atoms with E-state index in [1.54, 1.807) is 29.2 Å². The molecule has 1 saturated heterocycles. The Hall–Kier alpha value is -2.35. The van der Waals surface area contributed by atoms with E-state index < -0.39 is 4.92 Å². The summed E-state index contributed by atoms with van der Waals surface area (Å²) in [4.78, 5) is 24.8. The maximum Gasteiger partial charge on any atom is 0.313 e. The summed E-state index contributed by atoms with van der Waals surface area (Å²) in [6.07, 6.45) is 1.82. The number of halogens is 2. The number of amides is 1. The number of piperidine rings is 1. The molecule has 2 aromatic carbocycles. The fraction of sp³-hybridized carbons (Fsp3) is 0.278. The minimum Gasteiger partial charge on any atom is -0.450 e. The molecular weight excluding hydrogens is 393 g/mol. The zero-order valence-electron chi connectivity index (χ0n) is 14.3. The van der Waals surface area contributed by atoms with Crippen LogP contribution in [0.15, 0.2) is 42.5 Å². The summed E-state index contributed by atoms with van der Waals surface area (Å²) in [6.45, 7) is 1.25. The van der Waals surface area contributed by atoms with Crippen LogP contribution >= 0.6 is 24.0 Å². The number of hydrogen-bond acceptors (Lipinski definition) is 5. The van der Waals surface area contributed by atoms with Gasteiger partial charge in [0.05, 0.1) is 4.92 Å². The van der Waals surface area contributed by atoms with Crippen LogP contribution in [0, 0.1) is 10.1 Å². The van der Waals surface area contributed by atoms with E-state index in [1.165, 1.54) is 18.2 Å². The number of likely N-dealkylation sites (tertiary alicyclic amines) is 1. The van der Waals surface area contributed by atoms with Gasteiger partial charge in [-0.2, -0.15) is 0 Å². The highest BCUT2D eigenvalue weighted by Gasteiger charge is 2.22. The molecule has 7 nitrogen and oxygen atoms in total. The Morgan fingerprint density at radius 3 is 2.59 bits per heavy atom. The van der Waals surface area contributed by atoms with Crippen molar-refractivity contribution in [1.29, 1.82) is 0 Å². The molecule has 2 aromatic rings. The molecule has 9 heteroatoms. The predicted octanol–water partition coefficient (Wildman–Crippen LogP) is 4.03. The van der Waals surface area contributed by atoms with Crippen LogP contribution in [0.4, 0.5) is 5.69 Å². The molecule has 0 aliphatic carbocycles. The van der Waals surface area contributed by atoms with Gasteiger partial charge in [0.15, 0.2) is 0 Å². The van der Waals surface area contributed by atoms with Crippen LogP contribution < -0.4 is 10.5 Å². The third kappa shape index (κ3) is 5.09. The maximum atomic E-state index is 12.5. The summed E-state index contributed by atoms with van der Waals surface area (Å²) >= 11 is 5.79. The number of carbonyl (C=O) groups is 1. The molecule has 1 aliphatic rings. The summed E-state index contributed by atoms with van der Waals surface area (Å²) in [7, 11) is 0.